The van der Waals surface area contributed by atoms with Crippen molar-refractivity contribution in [1.29, 1.82) is 0 Å². The van der Waals surface area contributed by atoms with Gasteiger partial charge >= 0.3 is 0 Å². The van der Waals surface area contributed by atoms with Crippen molar-refractivity contribution < 1.29 is 22.9 Å². The van der Waals surface area contributed by atoms with Crippen molar-refractivity contribution in [2.45, 2.75) is 4.90 Å². The number of hydrogen-bond acceptors (Lipinski definition) is 7. The number of nitrogens with one attached hydrogen (secondary N) is 1. The van der Waals surface area contributed by atoms with Gasteiger partial charge in [0.15, 0.2) is 4.90 Å². The standard InChI is InChI=1S/C15H22N4O6S.ClH/c1-25-11-6-16-12-15(20)17-7-9-18(10-8-17)26(23,24)14-5-3-2-4-13(14)19(21)22;/h2-5,16H,6-12H2,1H3;1H. The Morgan fingerprint density at radius 3 is 2.48 bits per heavy atom. The third-order valence-electron chi connectivity index (χ3n) is 4.03. The Morgan fingerprint density at radius 2 is 1.89 bits per heavy atom. The maximum atomic E-state index is 12.7. The Labute approximate surface area is 164 Å². The molecule has 0 aromatic heterocycles. The van der Waals surface area contributed by atoms with E-state index in [0.29, 0.717) is 13.2 Å². The Hall–Kier alpha value is -1.79. The highest BCUT2D eigenvalue weighted by Crippen LogP contribution is 2.26. The number of hydrogen-bond donors (Lipinski definition) is 1. The third kappa shape index (κ3) is 5.84. The van der Waals surface area contributed by atoms with Gasteiger partial charge in [-0.15, -0.1) is 12.4 Å². The van der Waals surface area contributed by atoms with Gasteiger partial charge in [-0.05, 0) is 6.07 Å². The van der Waals surface area contributed by atoms with Gasteiger partial charge < -0.3 is 15.0 Å². The van der Waals surface area contributed by atoms with E-state index in [1.807, 2.05) is 0 Å². The van der Waals surface area contributed by atoms with Gasteiger partial charge in [-0.3, -0.25) is 14.9 Å². The fourth-order valence-corrected chi connectivity index (χ4v) is 4.20. The molecule has 1 heterocycles. The molecule has 2 rings (SSSR count). The number of carbonyl (C=O) groups is 1. The minimum absolute atomic E-state index is 0. The molecular formula is C15H23ClN4O6S. The van der Waals surface area contributed by atoms with Gasteiger partial charge in [0, 0.05) is 45.9 Å². The number of sulfonamides is 1. The molecule has 1 fully saturated rings. The van der Waals surface area contributed by atoms with Crippen molar-refractivity contribution in [3.63, 3.8) is 0 Å². The molecular weight excluding hydrogens is 400 g/mol. The van der Waals surface area contributed by atoms with Crippen LogP contribution in [0.5, 0.6) is 0 Å². The summed E-state index contributed by atoms with van der Waals surface area (Å²) in [6, 6.07) is 5.26. The van der Waals surface area contributed by atoms with Gasteiger partial charge in [0.2, 0.25) is 15.9 Å². The number of benzene rings is 1. The van der Waals surface area contributed by atoms with Crippen LogP contribution in [0.2, 0.25) is 0 Å². The molecule has 1 amide bonds. The number of ether oxygens (including phenoxy) is 1. The molecule has 1 aliphatic rings. The number of piperazine rings is 1. The first-order valence-electron chi connectivity index (χ1n) is 8.09. The molecule has 1 aromatic carbocycles. The molecule has 12 heteroatoms. The normalized spacial score (nSPS) is 15.2. The average Bonchev–Trinajstić information content (AvgIpc) is 2.65. The molecule has 152 valence electrons. The minimum Gasteiger partial charge on any atom is -0.383 e. The van der Waals surface area contributed by atoms with Crippen molar-refractivity contribution in [3.05, 3.63) is 34.4 Å². The summed E-state index contributed by atoms with van der Waals surface area (Å²) in [4.78, 5) is 23.7. The largest absolute Gasteiger partial charge is 0.383 e. The summed E-state index contributed by atoms with van der Waals surface area (Å²) in [6.07, 6.45) is 0. The molecule has 0 aliphatic carbocycles. The van der Waals surface area contributed by atoms with Crippen molar-refractivity contribution >= 4 is 34.0 Å². The Morgan fingerprint density at radius 1 is 1.26 bits per heavy atom. The SMILES string of the molecule is COCCNCC(=O)N1CCN(S(=O)(=O)c2ccccc2[N+](=O)[O-])CC1.Cl. The van der Waals surface area contributed by atoms with Gasteiger partial charge in [0.1, 0.15) is 0 Å². The number of nitrogens with zero attached hydrogens (tertiary/aromatic N) is 3. The molecule has 1 aromatic rings. The lowest BCUT2D eigenvalue weighted by molar-refractivity contribution is -0.387. The Kier molecular flexibility index (Phi) is 9.06. The molecule has 1 saturated heterocycles. The number of rotatable bonds is 8. The van der Waals surface area contributed by atoms with Crippen LogP contribution in [0.25, 0.3) is 0 Å². The monoisotopic (exact) mass is 422 g/mol. The molecule has 0 unspecified atom stereocenters. The number of nitro groups is 1. The maximum absolute atomic E-state index is 12.7. The summed E-state index contributed by atoms with van der Waals surface area (Å²) in [7, 11) is -2.42. The molecule has 0 atom stereocenters. The zero-order valence-electron chi connectivity index (χ0n) is 14.9. The Bertz CT molecular complexity index is 752. The Balaban J connectivity index is 0.00000364. The van der Waals surface area contributed by atoms with Gasteiger partial charge in [-0.2, -0.15) is 4.31 Å². The van der Waals surface area contributed by atoms with Gasteiger partial charge in [-0.1, -0.05) is 12.1 Å². The second kappa shape index (κ2) is 10.5. The number of halogens is 1. The van der Waals surface area contributed by atoms with E-state index in [-0.39, 0.29) is 55.9 Å². The van der Waals surface area contributed by atoms with E-state index in [9.17, 15) is 23.3 Å². The van der Waals surface area contributed by atoms with Crippen LogP contribution in [0.4, 0.5) is 5.69 Å². The molecule has 27 heavy (non-hydrogen) atoms. The molecule has 0 saturated carbocycles. The van der Waals surface area contributed by atoms with Crippen LogP contribution in [-0.2, 0) is 19.6 Å². The lowest BCUT2D eigenvalue weighted by Crippen LogP contribution is -2.52. The molecule has 10 nitrogen and oxygen atoms in total. The molecule has 1 N–H and O–H groups in total. The average molecular weight is 423 g/mol. The van der Waals surface area contributed by atoms with Crippen molar-refractivity contribution in [2.75, 3.05) is 53.0 Å². The van der Waals surface area contributed by atoms with Crippen LogP contribution in [0.1, 0.15) is 0 Å². The fourth-order valence-electron chi connectivity index (χ4n) is 2.62. The minimum atomic E-state index is -3.99. The highest BCUT2D eigenvalue weighted by Gasteiger charge is 2.34. The number of methoxy groups -OCH3 is 1. The van der Waals surface area contributed by atoms with Gasteiger partial charge in [-0.25, -0.2) is 8.42 Å². The van der Waals surface area contributed by atoms with Crippen LogP contribution in [0.3, 0.4) is 0 Å². The molecule has 1 aliphatic heterocycles. The fraction of sp³-hybridized carbons (Fsp3) is 0.533. The lowest BCUT2D eigenvalue weighted by atomic mass is 10.3. The van der Waals surface area contributed by atoms with Crippen LogP contribution in [0, 0.1) is 10.1 Å². The summed E-state index contributed by atoms with van der Waals surface area (Å²) in [6.45, 7) is 1.87. The lowest BCUT2D eigenvalue weighted by Gasteiger charge is -2.34. The number of carbonyl (C=O) groups excluding carboxylic acids is 1. The molecule has 0 radical (unpaired) electrons. The number of nitro benzene ring substituents is 1. The van der Waals surface area contributed by atoms with Crippen LogP contribution in [-0.4, -0.2) is 81.4 Å². The van der Waals surface area contributed by atoms with Gasteiger partial charge in [0.25, 0.3) is 5.69 Å². The van der Waals surface area contributed by atoms with Crippen molar-refractivity contribution in [1.82, 2.24) is 14.5 Å². The first-order chi connectivity index (χ1) is 12.4. The zero-order valence-corrected chi connectivity index (χ0v) is 16.5. The predicted molar refractivity (Wildman–Crippen MR) is 100 cm³/mol. The highest BCUT2D eigenvalue weighted by molar-refractivity contribution is 7.89. The quantitative estimate of drug-likeness (QED) is 0.357. The summed E-state index contributed by atoms with van der Waals surface area (Å²) in [5.41, 5.74) is -0.451. The van der Waals surface area contributed by atoms with E-state index in [2.05, 4.69) is 5.32 Å². The summed E-state index contributed by atoms with van der Waals surface area (Å²) >= 11 is 0. The van der Waals surface area contributed by atoms with E-state index >= 15 is 0 Å². The molecule has 0 spiro atoms. The number of para-hydroxylation sites is 1. The predicted octanol–water partition coefficient (Wildman–Crippen LogP) is 0.0855. The summed E-state index contributed by atoms with van der Waals surface area (Å²) in [5.74, 6) is -0.121. The van der Waals surface area contributed by atoms with E-state index in [0.717, 1.165) is 0 Å². The summed E-state index contributed by atoms with van der Waals surface area (Å²) < 4.78 is 31.5. The summed E-state index contributed by atoms with van der Waals surface area (Å²) in [5, 5.41) is 14.0. The first-order valence-corrected chi connectivity index (χ1v) is 9.53. The van der Waals surface area contributed by atoms with Crippen LogP contribution >= 0.6 is 12.4 Å². The van der Waals surface area contributed by atoms with Crippen LogP contribution < -0.4 is 5.32 Å². The second-order valence-corrected chi connectivity index (χ2v) is 7.59. The zero-order chi connectivity index (χ0) is 19.2. The first kappa shape index (κ1) is 23.2. The smallest absolute Gasteiger partial charge is 0.289 e. The second-order valence-electron chi connectivity index (χ2n) is 5.68. The molecule has 0 bridgehead atoms. The van der Waals surface area contributed by atoms with E-state index in [4.69, 9.17) is 4.74 Å². The van der Waals surface area contributed by atoms with Crippen molar-refractivity contribution in [3.8, 4) is 0 Å². The van der Waals surface area contributed by atoms with E-state index < -0.39 is 20.6 Å². The van der Waals surface area contributed by atoms with E-state index in [1.54, 1.807) is 12.0 Å². The maximum Gasteiger partial charge on any atom is 0.289 e. The topological polar surface area (TPSA) is 122 Å². The number of amides is 1. The van der Waals surface area contributed by atoms with E-state index in [1.165, 1.54) is 28.6 Å². The highest BCUT2D eigenvalue weighted by atomic mass is 35.5. The van der Waals surface area contributed by atoms with Crippen molar-refractivity contribution in [2.24, 2.45) is 0 Å². The third-order valence-corrected chi connectivity index (χ3v) is 5.98. The van der Waals surface area contributed by atoms with Crippen LogP contribution in [0.15, 0.2) is 29.2 Å². The van der Waals surface area contributed by atoms with Gasteiger partial charge in [0.05, 0.1) is 18.1 Å².